The first-order valence-electron chi connectivity index (χ1n) is 2.80. The zero-order chi connectivity index (χ0) is 7.56. The predicted octanol–water partition coefficient (Wildman–Crippen LogP) is -0.0740. The van der Waals surface area contributed by atoms with E-state index < -0.39 is 0 Å². The molecule has 0 bridgehead atoms. The Bertz CT molecular complexity index is 219. The predicted molar refractivity (Wildman–Crippen MR) is 47.7 cm³/mol. The van der Waals surface area contributed by atoms with E-state index in [9.17, 15) is 0 Å². The molecule has 0 amide bonds. The lowest BCUT2D eigenvalue weighted by atomic mass is 11.0. The molecular weight excluding hydrogens is 168 g/mol. The zero-order valence-corrected chi connectivity index (χ0v) is 7.13. The van der Waals surface area contributed by atoms with Gasteiger partial charge >= 0.3 is 0 Å². The van der Waals surface area contributed by atoms with Crippen molar-refractivity contribution in [3.63, 3.8) is 0 Å². The number of nitrogens with two attached hydrogens (primary N) is 1. The second-order valence-corrected chi connectivity index (χ2v) is 3.70. The molecule has 1 atom stereocenters. The van der Waals surface area contributed by atoms with Crippen LogP contribution in [-0.4, -0.2) is 16.8 Å². The summed E-state index contributed by atoms with van der Waals surface area (Å²) < 4.78 is 6.93. The number of rotatable bonds is 1. The van der Waals surface area contributed by atoms with Crippen LogP contribution in [0, 0.1) is 0 Å². The Morgan fingerprint density at radius 1 is 1.80 bits per heavy atom. The summed E-state index contributed by atoms with van der Waals surface area (Å²) in [5, 5.41) is 0.442. The molecule has 0 spiro atoms. The highest BCUT2D eigenvalue weighted by atomic mass is 32.2. The Labute approximate surface area is 67.1 Å². The minimum atomic E-state index is -0.234. The number of thiocarbonyl (C=S) groups is 1. The molecular formula is C4H8N4S2. The highest BCUT2D eigenvalue weighted by Gasteiger charge is 2.04. The first-order valence-corrected chi connectivity index (χ1v) is 4.56. The summed E-state index contributed by atoms with van der Waals surface area (Å²) >= 11 is 4.79. The number of hydrogen-bond acceptors (Lipinski definition) is 3. The summed E-state index contributed by atoms with van der Waals surface area (Å²) in [6.45, 7) is 2.01. The third kappa shape index (κ3) is 1.74. The summed E-state index contributed by atoms with van der Waals surface area (Å²) in [5.41, 5.74) is 5.35. The Morgan fingerprint density at radius 3 is 3.00 bits per heavy atom. The van der Waals surface area contributed by atoms with Crippen molar-refractivity contribution in [3.8, 4) is 0 Å². The number of nitrogens with zero attached hydrogens (tertiary/aromatic N) is 2. The van der Waals surface area contributed by atoms with Crippen LogP contribution < -0.4 is 10.5 Å². The lowest BCUT2D eigenvalue weighted by molar-refractivity contribution is 1.34. The van der Waals surface area contributed by atoms with E-state index in [1.807, 2.05) is 6.92 Å². The fraction of sp³-hybridized carbons (Fsp3) is 0.500. The van der Waals surface area contributed by atoms with Gasteiger partial charge in [-0.25, -0.2) is 0 Å². The fourth-order valence-corrected chi connectivity index (χ4v) is 1.74. The molecule has 0 saturated heterocycles. The Morgan fingerprint density at radius 2 is 2.50 bits per heavy atom. The number of aliphatic imine (C=N–C) groups is 1. The minimum Gasteiger partial charge on any atom is -0.367 e. The lowest BCUT2D eigenvalue weighted by Gasteiger charge is -2.10. The summed E-state index contributed by atoms with van der Waals surface area (Å²) in [4.78, 5) is 3.74. The number of nitrogens with one attached hydrogen (secondary N) is 1. The monoisotopic (exact) mass is 176 g/mol. The lowest BCUT2D eigenvalue weighted by Crippen LogP contribution is -2.31. The maximum absolute atomic E-state index is 5.35. The quantitative estimate of drug-likeness (QED) is 0.550. The molecule has 1 aliphatic rings. The van der Waals surface area contributed by atoms with E-state index in [2.05, 4.69) is 14.1 Å². The van der Waals surface area contributed by atoms with Crippen LogP contribution in [-0.2, 0) is 10.9 Å². The number of hydrogen-bond donors (Lipinski definition) is 2. The maximum atomic E-state index is 5.35. The highest BCUT2D eigenvalue weighted by Crippen LogP contribution is 1.92. The van der Waals surface area contributed by atoms with E-state index in [0.717, 1.165) is 5.75 Å². The molecule has 6 heteroatoms. The van der Waals surface area contributed by atoms with Gasteiger partial charge in [-0.3, -0.25) is 4.72 Å². The smallest absolute Gasteiger partial charge is 0.230 e. The summed E-state index contributed by atoms with van der Waals surface area (Å²) in [7, 11) is -0.234. The van der Waals surface area contributed by atoms with Gasteiger partial charge in [0.25, 0.3) is 0 Å². The molecule has 0 aliphatic carbocycles. The van der Waals surface area contributed by atoms with Gasteiger partial charge in [-0.15, -0.1) is 0 Å². The average Bonchev–Trinajstić information content (AvgIpc) is 1.85. The third-order valence-electron chi connectivity index (χ3n) is 0.898. The van der Waals surface area contributed by atoms with Gasteiger partial charge in [0, 0.05) is 16.6 Å². The minimum absolute atomic E-state index is 0.234. The van der Waals surface area contributed by atoms with Crippen molar-refractivity contribution in [2.24, 2.45) is 15.1 Å². The molecule has 1 rings (SSSR count). The number of guanidine groups is 1. The van der Waals surface area contributed by atoms with Crippen molar-refractivity contribution in [2.75, 3.05) is 5.75 Å². The molecule has 0 aromatic heterocycles. The van der Waals surface area contributed by atoms with Crippen molar-refractivity contribution in [2.45, 2.75) is 6.92 Å². The van der Waals surface area contributed by atoms with Gasteiger partial charge in [0.15, 0.2) is 0 Å². The van der Waals surface area contributed by atoms with Crippen molar-refractivity contribution in [3.05, 3.63) is 0 Å². The van der Waals surface area contributed by atoms with Crippen molar-refractivity contribution in [1.82, 2.24) is 4.72 Å². The van der Waals surface area contributed by atoms with Crippen LogP contribution >= 0.6 is 12.2 Å². The molecule has 0 radical (unpaired) electrons. The van der Waals surface area contributed by atoms with Crippen LogP contribution in [0.5, 0.6) is 0 Å². The fourth-order valence-electron chi connectivity index (χ4n) is 0.520. The molecule has 0 fully saturated rings. The second kappa shape index (κ2) is 3.07. The van der Waals surface area contributed by atoms with E-state index in [1.165, 1.54) is 0 Å². The molecule has 0 aromatic rings. The zero-order valence-electron chi connectivity index (χ0n) is 5.50. The van der Waals surface area contributed by atoms with E-state index in [-0.39, 0.29) is 16.8 Å². The maximum Gasteiger partial charge on any atom is 0.230 e. The van der Waals surface area contributed by atoms with E-state index in [1.54, 1.807) is 0 Å². The normalized spacial score (nSPS) is 24.7. The SMILES string of the molecule is CCS1=NC(N)=NC(=S)N1. The van der Waals surface area contributed by atoms with Crippen LogP contribution in [0.2, 0.25) is 0 Å². The van der Waals surface area contributed by atoms with Gasteiger partial charge in [-0.05, 0) is 12.2 Å². The van der Waals surface area contributed by atoms with Gasteiger partial charge in [-0.1, -0.05) is 6.92 Å². The van der Waals surface area contributed by atoms with Crippen molar-refractivity contribution in [1.29, 1.82) is 0 Å². The van der Waals surface area contributed by atoms with Gasteiger partial charge < -0.3 is 5.73 Å². The largest absolute Gasteiger partial charge is 0.367 e. The van der Waals surface area contributed by atoms with Crippen molar-refractivity contribution < 1.29 is 0 Å². The Hall–Kier alpha value is -0.490. The molecule has 1 heterocycles. The third-order valence-corrected chi connectivity index (χ3v) is 2.60. The van der Waals surface area contributed by atoms with Crippen LogP contribution in [0.3, 0.4) is 0 Å². The molecule has 1 aliphatic heterocycles. The topological polar surface area (TPSA) is 62.8 Å². The van der Waals surface area contributed by atoms with Crippen molar-refractivity contribution >= 4 is 34.2 Å². The summed E-state index contributed by atoms with van der Waals surface area (Å²) in [6.07, 6.45) is 0. The standard InChI is InChI=1S/C4H8N4S2/c1-2-10-7-3(5)6-4(9)8-10/h2H2,1H3,(H3,5,6,7,8,9). The average molecular weight is 176 g/mol. The van der Waals surface area contributed by atoms with Gasteiger partial charge in [0.1, 0.15) is 0 Å². The second-order valence-electron chi connectivity index (χ2n) is 1.62. The van der Waals surface area contributed by atoms with Gasteiger partial charge in [0.2, 0.25) is 11.1 Å². The van der Waals surface area contributed by atoms with Crippen LogP contribution in [0.4, 0.5) is 0 Å². The molecule has 3 N–H and O–H groups in total. The molecule has 4 nitrogen and oxygen atoms in total. The van der Waals surface area contributed by atoms with Gasteiger partial charge in [-0.2, -0.15) is 9.36 Å². The molecule has 56 valence electrons. The van der Waals surface area contributed by atoms with Crippen LogP contribution in [0.25, 0.3) is 0 Å². The Kier molecular flexibility index (Phi) is 2.34. The first kappa shape index (κ1) is 7.62. The Balaban J connectivity index is 2.80. The first-order chi connectivity index (χ1) is 4.72. The van der Waals surface area contributed by atoms with Gasteiger partial charge in [0.05, 0.1) is 0 Å². The summed E-state index contributed by atoms with van der Waals surface area (Å²) in [5.74, 6) is 1.19. The van der Waals surface area contributed by atoms with E-state index in [0.29, 0.717) is 5.11 Å². The molecule has 1 unspecified atom stereocenters. The summed E-state index contributed by atoms with van der Waals surface area (Å²) in [6, 6.07) is 0. The molecule has 10 heavy (non-hydrogen) atoms. The van der Waals surface area contributed by atoms with Crippen LogP contribution in [0.1, 0.15) is 6.92 Å². The highest BCUT2D eigenvalue weighted by molar-refractivity contribution is 7.88. The molecule has 0 aromatic carbocycles. The van der Waals surface area contributed by atoms with E-state index >= 15 is 0 Å². The van der Waals surface area contributed by atoms with Crippen LogP contribution in [0.15, 0.2) is 9.36 Å². The van der Waals surface area contributed by atoms with E-state index in [4.69, 9.17) is 18.0 Å². The molecule has 0 saturated carbocycles.